The van der Waals surface area contributed by atoms with E-state index in [4.69, 9.17) is 4.74 Å². The van der Waals surface area contributed by atoms with Gasteiger partial charge in [0.1, 0.15) is 11.5 Å². The van der Waals surface area contributed by atoms with Gasteiger partial charge in [-0.2, -0.15) is 0 Å². The molecule has 7 heteroatoms. The number of hydrogen-bond donors (Lipinski definition) is 2. The van der Waals surface area contributed by atoms with Crippen LogP contribution in [0.4, 0.5) is 0 Å². The van der Waals surface area contributed by atoms with Crippen LogP contribution >= 0.6 is 0 Å². The second kappa shape index (κ2) is 8.69. The molecule has 0 aliphatic heterocycles. The summed E-state index contributed by atoms with van der Waals surface area (Å²) < 4.78 is 31.4. The van der Waals surface area contributed by atoms with Gasteiger partial charge in [0.15, 0.2) is 0 Å². The molecule has 0 atom stereocenters. The predicted octanol–water partition coefficient (Wildman–Crippen LogP) is 3.32. The number of nitrogens with one attached hydrogen (secondary N) is 2. The minimum absolute atomic E-state index is 0.180. The number of sulfonamides is 1. The quantitative estimate of drug-likeness (QED) is 0.642. The van der Waals surface area contributed by atoms with Crippen LogP contribution in [0.5, 0.6) is 11.5 Å². The maximum atomic E-state index is 12.3. The lowest BCUT2D eigenvalue weighted by molar-refractivity contribution is 0.0951. The zero-order chi connectivity index (χ0) is 20.0. The van der Waals surface area contributed by atoms with Crippen LogP contribution in [0.3, 0.4) is 0 Å². The maximum absolute atomic E-state index is 12.3. The van der Waals surface area contributed by atoms with Gasteiger partial charge in [0.2, 0.25) is 10.0 Å². The third-order valence-corrected chi connectivity index (χ3v) is 5.48. The van der Waals surface area contributed by atoms with Gasteiger partial charge in [0.25, 0.3) is 5.91 Å². The fraction of sp³-hybridized carbons (Fsp3) is 0.0952. The average Bonchev–Trinajstić information content (AvgIpc) is 2.73. The predicted molar refractivity (Wildman–Crippen MR) is 107 cm³/mol. The van der Waals surface area contributed by atoms with Crippen molar-refractivity contribution in [3.8, 4) is 11.5 Å². The molecule has 2 N–H and O–H groups in total. The fourth-order valence-corrected chi connectivity index (χ4v) is 3.22. The van der Waals surface area contributed by atoms with E-state index < -0.39 is 10.0 Å². The third-order valence-electron chi connectivity index (χ3n) is 4.05. The number of amides is 1. The molecule has 0 saturated heterocycles. The second-order valence-electron chi connectivity index (χ2n) is 5.97. The summed E-state index contributed by atoms with van der Waals surface area (Å²) in [5.41, 5.74) is 1.31. The average molecular weight is 396 g/mol. The van der Waals surface area contributed by atoms with Crippen molar-refractivity contribution >= 4 is 15.9 Å². The summed E-state index contributed by atoms with van der Waals surface area (Å²) in [6.45, 7) is 0.293. The minimum Gasteiger partial charge on any atom is -0.457 e. The normalized spacial score (nSPS) is 11.0. The Morgan fingerprint density at radius 3 is 2.07 bits per heavy atom. The molecular weight excluding hydrogens is 376 g/mol. The van der Waals surface area contributed by atoms with E-state index in [1.54, 1.807) is 36.4 Å². The number of hydrogen-bond acceptors (Lipinski definition) is 4. The molecule has 6 nitrogen and oxygen atoms in total. The molecule has 0 fully saturated rings. The van der Waals surface area contributed by atoms with Crippen LogP contribution in [0.2, 0.25) is 0 Å². The molecule has 0 spiro atoms. The Bertz CT molecular complexity index is 1030. The first-order valence-corrected chi connectivity index (χ1v) is 10.1. The largest absolute Gasteiger partial charge is 0.457 e. The lowest BCUT2D eigenvalue weighted by Crippen LogP contribution is -2.23. The van der Waals surface area contributed by atoms with E-state index in [0.29, 0.717) is 17.9 Å². The fourth-order valence-electron chi connectivity index (χ4n) is 2.49. The number of benzene rings is 3. The van der Waals surface area contributed by atoms with E-state index in [2.05, 4.69) is 10.0 Å². The summed E-state index contributed by atoms with van der Waals surface area (Å²) in [4.78, 5) is 12.5. The van der Waals surface area contributed by atoms with E-state index in [9.17, 15) is 13.2 Å². The second-order valence-corrected chi connectivity index (χ2v) is 7.86. The Kier molecular flexibility index (Phi) is 6.08. The molecule has 0 aliphatic rings. The highest BCUT2D eigenvalue weighted by Crippen LogP contribution is 2.21. The molecule has 0 bridgehead atoms. The van der Waals surface area contributed by atoms with Crippen molar-refractivity contribution in [2.75, 3.05) is 7.05 Å². The van der Waals surface area contributed by atoms with Gasteiger partial charge in [-0.3, -0.25) is 4.79 Å². The number of rotatable bonds is 7. The van der Waals surface area contributed by atoms with Gasteiger partial charge >= 0.3 is 0 Å². The summed E-state index contributed by atoms with van der Waals surface area (Å²) in [6.07, 6.45) is 0. The SMILES string of the molecule is CNS(=O)(=O)c1ccc(CNC(=O)c2ccc(Oc3ccccc3)cc2)cc1. The Hall–Kier alpha value is -3.16. The molecule has 0 heterocycles. The minimum atomic E-state index is -3.47. The monoisotopic (exact) mass is 396 g/mol. The van der Waals surface area contributed by atoms with Crippen LogP contribution < -0.4 is 14.8 Å². The summed E-state index contributed by atoms with van der Waals surface area (Å²) >= 11 is 0. The number of para-hydroxylation sites is 1. The molecule has 0 aromatic heterocycles. The number of carbonyl (C=O) groups excluding carboxylic acids is 1. The highest BCUT2D eigenvalue weighted by molar-refractivity contribution is 7.89. The van der Waals surface area contributed by atoms with Gasteiger partial charge < -0.3 is 10.1 Å². The van der Waals surface area contributed by atoms with E-state index >= 15 is 0 Å². The van der Waals surface area contributed by atoms with Crippen molar-refractivity contribution in [2.45, 2.75) is 11.4 Å². The van der Waals surface area contributed by atoms with E-state index in [-0.39, 0.29) is 10.8 Å². The van der Waals surface area contributed by atoms with Crippen LogP contribution in [-0.2, 0) is 16.6 Å². The zero-order valence-electron chi connectivity index (χ0n) is 15.3. The Morgan fingerprint density at radius 1 is 0.857 bits per heavy atom. The van der Waals surface area contributed by atoms with Gasteiger partial charge in [-0.05, 0) is 61.1 Å². The van der Waals surface area contributed by atoms with Gasteiger partial charge in [0, 0.05) is 12.1 Å². The third kappa shape index (κ3) is 4.97. The zero-order valence-corrected chi connectivity index (χ0v) is 16.1. The summed E-state index contributed by atoms with van der Waals surface area (Å²) in [6, 6.07) is 22.6. The van der Waals surface area contributed by atoms with Gasteiger partial charge in [-0.25, -0.2) is 13.1 Å². The highest BCUT2D eigenvalue weighted by atomic mass is 32.2. The van der Waals surface area contributed by atoms with Crippen molar-refractivity contribution in [2.24, 2.45) is 0 Å². The van der Waals surface area contributed by atoms with E-state index in [1.165, 1.54) is 19.2 Å². The van der Waals surface area contributed by atoms with Crippen molar-refractivity contribution in [1.82, 2.24) is 10.0 Å². The first-order chi connectivity index (χ1) is 13.5. The topological polar surface area (TPSA) is 84.5 Å². The Morgan fingerprint density at radius 2 is 1.46 bits per heavy atom. The molecule has 1 amide bonds. The van der Waals surface area contributed by atoms with Crippen LogP contribution in [0, 0.1) is 0 Å². The van der Waals surface area contributed by atoms with Gasteiger partial charge in [-0.15, -0.1) is 0 Å². The molecule has 144 valence electrons. The van der Waals surface area contributed by atoms with Crippen molar-refractivity contribution in [1.29, 1.82) is 0 Å². The van der Waals surface area contributed by atoms with Gasteiger partial charge in [-0.1, -0.05) is 30.3 Å². The molecule has 0 saturated carbocycles. The molecule has 0 aliphatic carbocycles. The first kappa shape index (κ1) is 19.6. The summed E-state index contributed by atoms with van der Waals surface area (Å²) in [7, 11) is -2.10. The smallest absolute Gasteiger partial charge is 0.251 e. The number of ether oxygens (including phenoxy) is 1. The van der Waals surface area contributed by atoms with Crippen molar-refractivity contribution < 1.29 is 17.9 Å². The standard InChI is InChI=1S/C21H20N2O4S/c1-22-28(25,26)20-13-7-16(8-14-20)15-23-21(24)17-9-11-19(12-10-17)27-18-5-3-2-4-6-18/h2-14,22H,15H2,1H3,(H,23,24). The lowest BCUT2D eigenvalue weighted by atomic mass is 10.2. The lowest BCUT2D eigenvalue weighted by Gasteiger charge is -2.08. The summed E-state index contributed by atoms with van der Waals surface area (Å²) in [5.74, 6) is 1.14. The van der Waals surface area contributed by atoms with Crippen LogP contribution in [0.1, 0.15) is 15.9 Å². The van der Waals surface area contributed by atoms with Gasteiger partial charge in [0.05, 0.1) is 4.90 Å². The van der Waals surface area contributed by atoms with Crippen molar-refractivity contribution in [3.63, 3.8) is 0 Å². The molecule has 3 aromatic carbocycles. The highest BCUT2D eigenvalue weighted by Gasteiger charge is 2.11. The molecule has 0 radical (unpaired) electrons. The maximum Gasteiger partial charge on any atom is 0.251 e. The molecular formula is C21H20N2O4S. The van der Waals surface area contributed by atoms with Crippen LogP contribution in [0.15, 0.2) is 83.8 Å². The molecule has 28 heavy (non-hydrogen) atoms. The summed E-state index contributed by atoms with van der Waals surface area (Å²) in [5, 5.41) is 2.81. The van der Waals surface area contributed by atoms with E-state index in [0.717, 1.165) is 11.3 Å². The molecule has 3 rings (SSSR count). The molecule has 0 unspecified atom stereocenters. The van der Waals surface area contributed by atoms with Crippen LogP contribution in [0.25, 0.3) is 0 Å². The van der Waals surface area contributed by atoms with Crippen molar-refractivity contribution in [3.05, 3.63) is 90.0 Å². The first-order valence-electron chi connectivity index (χ1n) is 8.61. The Labute approximate surface area is 164 Å². The van der Waals surface area contributed by atoms with E-state index in [1.807, 2.05) is 30.3 Å². The Balaban J connectivity index is 1.57. The molecule has 3 aromatic rings. The number of carbonyl (C=O) groups is 1. The van der Waals surface area contributed by atoms with Crippen LogP contribution in [-0.4, -0.2) is 21.4 Å².